The normalized spacial score (nSPS) is 18.2. The number of hydrogen-bond donors (Lipinski definition) is 1. The van der Waals surface area contributed by atoms with Crippen molar-refractivity contribution in [1.82, 2.24) is 9.97 Å². The molecular formula is C14H17N3OS2. The number of primary amides is 1. The minimum Gasteiger partial charge on any atom is -0.369 e. The Morgan fingerprint density at radius 1 is 1.50 bits per heavy atom. The summed E-state index contributed by atoms with van der Waals surface area (Å²) < 4.78 is 0. The van der Waals surface area contributed by atoms with Gasteiger partial charge in [0, 0.05) is 10.3 Å². The first-order valence-corrected chi connectivity index (χ1v) is 8.54. The summed E-state index contributed by atoms with van der Waals surface area (Å²) in [4.78, 5) is 22.6. The molecule has 0 saturated carbocycles. The van der Waals surface area contributed by atoms with Crippen LogP contribution in [0.5, 0.6) is 0 Å². The van der Waals surface area contributed by atoms with Gasteiger partial charge in [-0.3, -0.25) is 4.79 Å². The molecule has 6 heteroatoms. The Labute approximate surface area is 126 Å². The fraction of sp³-hybridized carbons (Fsp3) is 0.500. The number of hydrogen-bond acceptors (Lipinski definition) is 5. The van der Waals surface area contributed by atoms with Crippen molar-refractivity contribution in [1.29, 1.82) is 0 Å². The molecule has 4 nitrogen and oxygen atoms in total. The minimum atomic E-state index is -0.308. The molecular weight excluding hydrogens is 290 g/mol. The zero-order valence-electron chi connectivity index (χ0n) is 11.6. The monoisotopic (exact) mass is 307 g/mol. The highest BCUT2D eigenvalue weighted by molar-refractivity contribution is 8.00. The highest BCUT2D eigenvalue weighted by atomic mass is 32.2. The number of thioether (sulfide) groups is 1. The molecule has 0 bridgehead atoms. The van der Waals surface area contributed by atoms with E-state index < -0.39 is 0 Å². The van der Waals surface area contributed by atoms with E-state index in [9.17, 15) is 4.79 Å². The lowest BCUT2D eigenvalue weighted by Crippen LogP contribution is -2.13. The van der Waals surface area contributed by atoms with Gasteiger partial charge in [0.15, 0.2) is 0 Å². The summed E-state index contributed by atoms with van der Waals surface area (Å²) in [5.41, 5.74) is 6.65. The summed E-state index contributed by atoms with van der Waals surface area (Å²) in [6, 6.07) is 0. The van der Waals surface area contributed by atoms with E-state index in [1.54, 1.807) is 11.3 Å². The van der Waals surface area contributed by atoms with E-state index in [0.717, 1.165) is 39.8 Å². The van der Waals surface area contributed by atoms with Gasteiger partial charge >= 0.3 is 0 Å². The summed E-state index contributed by atoms with van der Waals surface area (Å²) in [6.07, 6.45) is 3.44. The van der Waals surface area contributed by atoms with E-state index >= 15 is 0 Å². The van der Waals surface area contributed by atoms with E-state index in [0.29, 0.717) is 0 Å². The molecule has 0 spiro atoms. The number of fused-ring (bicyclic) bond motifs is 3. The number of nitrogens with zero attached hydrogens (tertiary/aromatic N) is 2. The van der Waals surface area contributed by atoms with Crippen molar-refractivity contribution >= 4 is 39.2 Å². The second kappa shape index (κ2) is 5.33. The van der Waals surface area contributed by atoms with Gasteiger partial charge < -0.3 is 5.73 Å². The topological polar surface area (TPSA) is 68.9 Å². The van der Waals surface area contributed by atoms with Crippen LogP contribution in [0.2, 0.25) is 0 Å². The molecule has 2 aromatic rings. The quantitative estimate of drug-likeness (QED) is 0.699. The summed E-state index contributed by atoms with van der Waals surface area (Å²) in [5.74, 6) is 1.46. The van der Waals surface area contributed by atoms with Gasteiger partial charge in [-0.15, -0.1) is 11.3 Å². The van der Waals surface area contributed by atoms with Crippen molar-refractivity contribution < 1.29 is 4.79 Å². The lowest BCUT2D eigenvalue weighted by molar-refractivity contribution is -0.115. The smallest absolute Gasteiger partial charge is 0.227 e. The predicted octanol–water partition coefficient (Wildman–Crippen LogP) is 2.70. The van der Waals surface area contributed by atoms with Gasteiger partial charge in [-0.1, -0.05) is 18.7 Å². The second-order valence-corrected chi connectivity index (χ2v) is 7.41. The van der Waals surface area contributed by atoms with Crippen molar-refractivity contribution in [3.05, 3.63) is 16.3 Å². The molecule has 1 amide bonds. The molecule has 2 N–H and O–H groups in total. The molecule has 0 radical (unpaired) electrons. The number of carbonyl (C=O) groups is 1. The first kappa shape index (κ1) is 13.8. The molecule has 0 unspecified atom stereocenters. The molecule has 1 atom stereocenters. The largest absolute Gasteiger partial charge is 0.369 e. The maximum Gasteiger partial charge on any atom is 0.227 e. The van der Waals surface area contributed by atoms with Crippen LogP contribution in [0.4, 0.5) is 0 Å². The Hall–Kier alpha value is -1.14. The number of nitrogens with two attached hydrogens (primary N) is 1. The summed E-state index contributed by atoms with van der Waals surface area (Å²) >= 11 is 3.22. The van der Waals surface area contributed by atoms with Crippen LogP contribution in [0.25, 0.3) is 10.2 Å². The van der Waals surface area contributed by atoms with Crippen molar-refractivity contribution in [3.63, 3.8) is 0 Å². The van der Waals surface area contributed by atoms with Gasteiger partial charge in [0.05, 0.1) is 5.75 Å². The SMILES string of the molecule is Cc1nc(SCC(N)=O)c2c3c(sc2n1)C[C@@H](C)CC3. The highest BCUT2D eigenvalue weighted by Gasteiger charge is 2.23. The van der Waals surface area contributed by atoms with Gasteiger partial charge in [-0.25, -0.2) is 9.97 Å². The van der Waals surface area contributed by atoms with E-state index in [4.69, 9.17) is 5.73 Å². The zero-order chi connectivity index (χ0) is 14.3. The Morgan fingerprint density at radius 2 is 2.30 bits per heavy atom. The Kier molecular flexibility index (Phi) is 3.69. The van der Waals surface area contributed by atoms with Crippen LogP contribution in [0.1, 0.15) is 29.6 Å². The van der Waals surface area contributed by atoms with Crippen molar-refractivity contribution in [3.8, 4) is 0 Å². The molecule has 2 heterocycles. The maximum atomic E-state index is 11.0. The molecule has 2 aromatic heterocycles. The van der Waals surface area contributed by atoms with E-state index in [2.05, 4.69) is 16.9 Å². The van der Waals surface area contributed by atoms with Gasteiger partial charge in [0.25, 0.3) is 0 Å². The molecule has 20 heavy (non-hydrogen) atoms. The molecule has 0 aliphatic heterocycles. The van der Waals surface area contributed by atoms with Crippen molar-refractivity contribution in [2.24, 2.45) is 11.7 Å². The van der Waals surface area contributed by atoms with Crippen LogP contribution in [-0.4, -0.2) is 21.6 Å². The third-order valence-corrected chi connectivity index (χ3v) is 5.73. The third-order valence-electron chi connectivity index (χ3n) is 3.58. The number of aromatic nitrogens is 2. The number of thiophene rings is 1. The van der Waals surface area contributed by atoms with Crippen molar-refractivity contribution in [2.45, 2.75) is 38.1 Å². The third kappa shape index (κ3) is 2.54. The van der Waals surface area contributed by atoms with Crippen LogP contribution in [0, 0.1) is 12.8 Å². The standard InChI is InChI=1S/C14H17N3OS2/c1-7-3-4-9-10(5-7)20-14-12(9)13(16-8(2)17-14)19-6-11(15)18/h7H,3-6H2,1-2H3,(H2,15,18)/t7-/m0/s1. The average molecular weight is 307 g/mol. The number of carbonyl (C=O) groups excluding carboxylic acids is 1. The van der Waals surface area contributed by atoms with Gasteiger partial charge in [0.2, 0.25) is 5.91 Å². The molecule has 0 saturated heterocycles. The van der Waals surface area contributed by atoms with Gasteiger partial charge in [0.1, 0.15) is 15.7 Å². The predicted molar refractivity (Wildman–Crippen MR) is 83.3 cm³/mol. The van der Waals surface area contributed by atoms with Gasteiger partial charge in [-0.05, 0) is 37.7 Å². The first-order chi connectivity index (χ1) is 9.54. The van der Waals surface area contributed by atoms with E-state index in [-0.39, 0.29) is 11.7 Å². The summed E-state index contributed by atoms with van der Waals surface area (Å²) in [6.45, 7) is 4.20. The fourth-order valence-electron chi connectivity index (χ4n) is 2.65. The van der Waals surface area contributed by atoms with Crippen LogP contribution < -0.4 is 5.73 Å². The highest BCUT2D eigenvalue weighted by Crippen LogP contribution is 2.40. The van der Waals surface area contributed by atoms with Crippen molar-refractivity contribution in [2.75, 3.05) is 5.75 Å². The Bertz CT molecular complexity index is 681. The summed E-state index contributed by atoms with van der Waals surface area (Å²) in [5, 5.41) is 2.08. The second-order valence-electron chi connectivity index (χ2n) is 5.36. The number of amides is 1. The molecule has 106 valence electrons. The van der Waals surface area contributed by atoms with Crippen LogP contribution in [-0.2, 0) is 17.6 Å². The Morgan fingerprint density at radius 3 is 3.05 bits per heavy atom. The average Bonchev–Trinajstić information content (AvgIpc) is 2.72. The lowest BCUT2D eigenvalue weighted by atomic mass is 9.89. The minimum absolute atomic E-state index is 0.270. The van der Waals surface area contributed by atoms with Crippen LogP contribution in [0.3, 0.4) is 0 Å². The van der Waals surface area contributed by atoms with Gasteiger partial charge in [-0.2, -0.15) is 0 Å². The van der Waals surface area contributed by atoms with Crippen LogP contribution >= 0.6 is 23.1 Å². The molecule has 3 rings (SSSR count). The zero-order valence-corrected chi connectivity index (χ0v) is 13.2. The lowest BCUT2D eigenvalue weighted by Gasteiger charge is -2.18. The Balaban J connectivity index is 2.11. The molecule has 0 fully saturated rings. The number of aryl methyl sites for hydroxylation is 2. The molecule has 1 aliphatic carbocycles. The number of rotatable bonds is 3. The first-order valence-electron chi connectivity index (χ1n) is 6.74. The van der Waals surface area contributed by atoms with E-state index in [1.165, 1.54) is 28.6 Å². The van der Waals surface area contributed by atoms with E-state index in [1.807, 2.05) is 6.92 Å². The van der Waals surface area contributed by atoms with Crippen LogP contribution in [0.15, 0.2) is 5.03 Å². The summed E-state index contributed by atoms with van der Waals surface area (Å²) in [7, 11) is 0. The maximum absolute atomic E-state index is 11.0. The molecule has 0 aromatic carbocycles. The molecule has 1 aliphatic rings. The fourth-order valence-corrected chi connectivity index (χ4v) is 4.99.